The number of nitrogens with one attached hydrogen (secondary N) is 1. The van der Waals surface area contributed by atoms with Crippen LogP contribution in [0.5, 0.6) is 0 Å². The van der Waals surface area contributed by atoms with Crippen molar-refractivity contribution in [3.63, 3.8) is 0 Å². The molecule has 9 heteroatoms. The minimum atomic E-state index is -4.81. The highest BCUT2D eigenvalue weighted by Gasteiger charge is 2.33. The minimum Gasteiger partial charge on any atom is -0.303 e. The average Bonchev–Trinajstić information content (AvgIpc) is 2.31. The summed E-state index contributed by atoms with van der Waals surface area (Å²) >= 11 is 8.97. The first kappa shape index (κ1) is 14.9. The van der Waals surface area contributed by atoms with Gasteiger partial charge in [0.05, 0.1) is 10.7 Å². The summed E-state index contributed by atoms with van der Waals surface area (Å²) in [6, 6.07) is 4.63. The minimum absolute atomic E-state index is 0.0129. The molecule has 0 unspecified atom stereocenters. The summed E-state index contributed by atoms with van der Waals surface area (Å²) in [6.45, 7) is 0. The van der Waals surface area contributed by atoms with Crippen LogP contribution in [-0.4, -0.2) is 9.55 Å². The lowest BCUT2D eigenvalue weighted by Crippen LogP contribution is -2.36. The highest BCUT2D eigenvalue weighted by Crippen LogP contribution is 2.26. The maximum Gasteiger partial charge on any atom is 0.431 e. The Bertz CT molecular complexity index is 751. The standard InChI is InChI=1S/C11H5BrClF3N2O2/c12-5-1-2-6(13)7(3-5)18-9(19)4-8(11(14,15)16)17-10(18)20/h1-4H,(H,17,20). The third kappa shape index (κ3) is 2.80. The summed E-state index contributed by atoms with van der Waals surface area (Å²) in [5.74, 6) is 0. The van der Waals surface area contributed by atoms with Gasteiger partial charge >= 0.3 is 11.9 Å². The SMILES string of the molecule is O=c1cc(C(F)(F)F)[nH]c(=O)n1-c1cc(Br)ccc1Cl. The van der Waals surface area contributed by atoms with Crippen molar-refractivity contribution < 1.29 is 13.2 Å². The molecule has 0 aliphatic heterocycles. The first-order valence-corrected chi connectivity index (χ1v) is 6.26. The molecule has 2 rings (SSSR count). The van der Waals surface area contributed by atoms with E-state index in [9.17, 15) is 22.8 Å². The number of aromatic amines is 1. The van der Waals surface area contributed by atoms with E-state index >= 15 is 0 Å². The predicted molar refractivity (Wildman–Crippen MR) is 70.4 cm³/mol. The molecule has 0 saturated carbocycles. The summed E-state index contributed by atoms with van der Waals surface area (Å²) in [6.07, 6.45) is -4.81. The Hall–Kier alpha value is -1.54. The number of halogens is 5. The third-order valence-corrected chi connectivity index (χ3v) is 3.20. The van der Waals surface area contributed by atoms with Crippen LogP contribution in [-0.2, 0) is 6.18 Å². The van der Waals surface area contributed by atoms with Crippen molar-refractivity contribution in [1.29, 1.82) is 0 Å². The maximum absolute atomic E-state index is 12.5. The lowest BCUT2D eigenvalue weighted by molar-refractivity contribution is -0.141. The van der Waals surface area contributed by atoms with Gasteiger partial charge in [-0.1, -0.05) is 27.5 Å². The smallest absolute Gasteiger partial charge is 0.303 e. The van der Waals surface area contributed by atoms with E-state index in [1.54, 1.807) is 11.1 Å². The predicted octanol–water partition coefficient (Wildman–Crippen LogP) is 2.96. The van der Waals surface area contributed by atoms with E-state index in [2.05, 4.69) is 15.9 Å². The largest absolute Gasteiger partial charge is 0.431 e. The van der Waals surface area contributed by atoms with Crippen LogP contribution in [0.15, 0.2) is 38.3 Å². The topological polar surface area (TPSA) is 54.9 Å². The highest BCUT2D eigenvalue weighted by molar-refractivity contribution is 9.10. The van der Waals surface area contributed by atoms with E-state index in [0.29, 0.717) is 15.1 Å². The fraction of sp³-hybridized carbons (Fsp3) is 0.0909. The Morgan fingerprint density at radius 2 is 1.85 bits per heavy atom. The molecular formula is C11H5BrClF3N2O2. The van der Waals surface area contributed by atoms with Crippen molar-refractivity contribution in [1.82, 2.24) is 9.55 Å². The van der Waals surface area contributed by atoms with E-state index in [0.717, 1.165) is 0 Å². The molecule has 1 heterocycles. The molecule has 106 valence electrons. The van der Waals surface area contributed by atoms with Crippen LogP contribution in [0, 0.1) is 0 Å². The molecule has 0 amide bonds. The summed E-state index contributed by atoms with van der Waals surface area (Å²) in [5.41, 5.74) is -3.76. The monoisotopic (exact) mass is 368 g/mol. The molecule has 1 aromatic carbocycles. The second kappa shape index (κ2) is 5.10. The molecule has 0 aliphatic rings. The van der Waals surface area contributed by atoms with Gasteiger partial charge in [-0.25, -0.2) is 9.36 Å². The van der Waals surface area contributed by atoms with Crippen LogP contribution in [0.2, 0.25) is 5.02 Å². The molecule has 1 aromatic heterocycles. The molecule has 0 atom stereocenters. The normalized spacial score (nSPS) is 11.7. The highest BCUT2D eigenvalue weighted by atomic mass is 79.9. The Labute approximate surface area is 122 Å². The van der Waals surface area contributed by atoms with E-state index in [4.69, 9.17) is 11.6 Å². The van der Waals surface area contributed by atoms with Gasteiger partial charge in [0.1, 0.15) is 5.69 Å². The van der Waals surface area contributed by atoms with Gasteiger partial charge < -0.3 is 4.98 Å². The number of rotatable bonds is 1. The molecule has 0 bridgehead atoms. The van der Waals surface area contributed by atoms with Gasteiger partial charge in [0.25, 0.3) is 5.56 Å². The summed E-state index contributed by atoms with van der Waals surface area (Å²) in [4.78, 5) is 25.1. The van der Waals surface area contributed by atoms with Gasteiger partial charge in [-0.05, 0) is 18.2 Å². The molecule has 0 spiro atoms. The van der Waals surface area contributed by atoms with Crippen LogP contribution in [0.1, 0.15) is 5.69 Å². The van der Waals surface area contributed by atoms with Gasteiger partial charge in [0.2, 0.25) is 0 Å². The second-order valence-electron chi connectivity index (χ2n) is 3.76. The van der Waals surface area contributed by atoms with Crippen molar-refractivity contribution in [3.05, 3.63) is 60.3 Å². The number of alkyl halides is 3. The van der Waals surface area contributed by atoms with Crippen LogP contribution < -0.4 is 11.2 Å². The molecule has 20 heavy (non-hydrogen) atoms. The maximum atomic E-state index is 12.5. The lowest BCUT2D eigenvalue weighted by atomic mass is 10.3. The number of hydrogen-bond donors (Lipinski definition) is 1. The van der Waals surface area contributed by atoms with Gasteiger partial charge in [0.15, 0.2) is 0 Å². The van der Waals surface area contributed by atoms with E-state index in [1.807, 2.05) is 0 Å². The fourth-order valence-electron chi connectivity index (χ4n) is 1.53. The number of nitrogens with zero attached hydrogens (tertiary/aromatic N) is 1. The Balaban J connectivity index is 2.75. The molecule has 0 saturated heterocycles. The van der Waals surface area contributed by atoms with Gasteiger partial charge in [-0.2, -0.15) is 13.2 Å². The molecular weight excluding hydrogens is 364 g/mol. The fourth-order valence-corrected chi connectivity index (χ4v) is 2.08. The van der Waals surface area contributed by atoms with Crippen LogP contribution in [0.25, 0.3) is 5.69 Å². The number of aromatic nitrogens is 2. The van der Waals surface area contributed by atoms with Crippen molar-refractivity contribution in [2.45, 2.75) is 6.18 Å². The van der Waals surface area contributed by atoms with Crippen molar-refractivity contribution in [3.8, 4) is 5.69 Å². The zero-order chi connectivity index (χ0) is 15.1. The molecule has 0 radical (unpaired) electrons. The molecule has 2 aromatic rings. The van der Waals surface area contributed by atoms with Crippen molar-refractivity contribution >= 4 is 27.5 Å². The number of hydrogen-bond acceptors (Lipinski definition) is 2. The van der Waals surface area contributed by atoms with Crippen molar-refractivity contribution in [2.75, 3.05) is 0 Å². The van der Waals surface area contributed by atoms with Crippen LogP contribution in [0.4, 0.5) is 13.2 Å². The number of H-pyrrole nitrogens is 1. The Morgan fingerprint density at radius 3 is 2.40 bits per heavy atom. The quantitative estimate of drug-likeness (QED) is 0.840. The zero-order valence-corrected chi connectivity index (χ0v) is 11.8. The van der Waals surface area contributed by atoms with Gasteiger partial charge in [0, 0.05) is 10.5 Å². The molecule has 1 N–H and O–H groups in total. The Kier molecular flexibility index (Phi) is 3.79. The Morgan fingerprint density at radius 1 is 1.20 bits per heavy atom. The van der Waals surface area contributed by atoms with E-state index < -0.39 is 23.1 Å². The summed E-state index contributed by atoms with van der Waals surface area (Å²) < 4.78 is 38.5. The second-order valence-corrected chi connectivity index (χ2v) is 5.08. The van der Waals surface area contributed by atoms with Gasteiger partial charge in [-0.3, -0.25) is 4.79 Å². The molecule has 0 aliphatic carbocycles. The first-order chi connectivity index (χ1) is 9.20. The van der Waals surface area contributed by atoms with Crippen molar-refractivity contribution in [2.24, 2.45) is 0 Å². The first-order valence-electron chi connectivity index (χ1n) is 5.09. The zero-order valence-electron chi connectivity index (χ0n) is 9.46. The molecule has 0 fully saturated rings. The summed E-state index contributed by atoms with van der Waals surface area (Å²) in [7, 11) is 0. The van der Waals surface area contributed by atoms with E-state index in [1.165, 1.54) is 12.1 Å². The lowest BCUT2D eigenvalue weighted by Gasteiger charge is -2.10. The van der Waals surface area contributed by atoms with E-state index in [-0.39, 0.29) is 10.7 Å². The molecule has 4 nitrogen and oxygen atoms in total. The third-order valence-electron chi connectivity index (χ3n) is 2.39. The van der Waals surface area contributed by atoms with Crippen LogP contribution >= 0.6 is 27.5 Å². The van der Waals surface area contributed by atoms with Crippen LogP contribution in [0.3, 0.4) is 0 Å². The van der Waals surface area contributed by atoms with Gasteiger partial charge in [-0.15, -0.1) is 0 Å². The number of benzene rings is 1. The average molecular weight is 370 g/mol. The summed E-state index contributed by atoms with van der Waals surface area (Å²) in [5, 5.41) is 0.0561.